The van der Waals surface area contributed by atoms with E-state index in [1.165, 1.54) is 0 Å². The van der Waals surface area contributed by atoms with Gasteiger partial charge in [-0.25, -0.2) is 9.78 Å². The third-order valence-corrected chi connectivity index (χ3v) is 4.42. The van der Waals surface area contributed by atoms with Gasteiger partial charge in [0.1, 0.15) is 11.8 Å². The normalized spacial score (nSPS) is 10.5. The van der Waals surface area contributed by atoms with Gasteiger partial charge in [0, 0.05) is 10.9 Å². The Morgan fingerprint density at radius 1 is 1.18 bits per heavy atom. The van der Waals surface area contributed by atoms with Crippen molar-refractivity contribution in [2.24, 2.45) is 0 Å². The zero-order valence-electron chi connectivity index (χ0n) is 15.5. The number of rotatable bonds is 8. The second-order valence-electron chi connectivity index (χ2n) is 6.06. The molecule has 0 bridgehead atoms. The van der Waals surface area contributed by atoms with Crippen LogP contribution >= 0.6 is 11.6 Å². The molecular weight excluding hydrogens is 378 g/mol. The minimum absolute atomic E-state index is 0.0221. The Labute approximate surface area is 168 Å². The number of ether oxygens (including phenoxy) is 3. The van der Waals surface area contributed by atoms with Crippen LogP contribution in [0.3, 0.4) is 0 Å². The highest BCUT2D eigenvalue weighted by Crippen LogP contribution is 2.28. The Bertz CT molecular complexity index is 1000. The summed E-state index contributed by atoms with van der Waals surface area (Å²) in [5.74, 6) is 0.507. The summed E-state index contributed by atoms with van der Waals surface area (Å²) in [5, 5.41) is 1.24. The van der Waals surface area contributed by atoms with Crippen LogP contribution in [0.25, 0.3) is 10.9 Å². The van der Waals surface area contributed by atoms with Crippen molar-refractivity contribution in [3.05, 3.63) is 77.5 Å². The highest BCUT2D eigenvalue weighted by atomic mass is 35.5. The average molecular weight is 398 g/mol. The van der Waals surface area contributed by atoms with Crippen LogP contribution in [-0.4, -0.2) is 24.7 Å². The van der Waals surface area contributed by atoms with Gasteiger partial charge in [-0.1, -0.05) is 41.9 Å². The van der Waals surface area contributed by atoms with Gasteiger partial charge in [-0.05, 0) is 36.2 Å². The Morgan fingerprint density at radius 2 is 2.00 bits per heavy atom. The molecule has 1 aromatic heterocycles. The summed E-state index contributed by atoms with van der Waals surface area (Å²) in [7, 11) is 1.55. The van der Waals surface area contributed by atoms with Crippen molar-refractivity contribution in [1.29, 1.82) is 0 Å². The summed E-state index contributed by atoms with van der Waals surface area (Å²) in [4.78, 5) is 16.4. The van der Waals surface area contributed by atoms with Gasteiger partial charge in [-0.15, -0.1) is 6.58 Å². The SMILES string of the molecule is C=CCc1ccc(OCC(=O)OCc2cc3ccccc3nc2Cl)c(OC)c1. The number of benzene rings is 2. The van der Waals surface area contributed by atoms with Crippen molar-refractivity contribution in [2.75, 3.05) is 13.7 Å². The molecule has 2 aromatic carbocycles. The van der Waals surface area contributed by atoms with Gasteiger partial charge in [-0.3, -0.25) is 0 Å². The van der Waals surface area contributed by atoms with E-state index in [1.807, 2.05) is 42.5 Å². The molecule has 144 valence electrons. The number of esters is 1. The number of allylic oxidation sites excluding steroid dienone is 1. The lowest BCUT2D eigenvalue weighted by Crippen LogP contribution is -2.15. The van der Waals surface area contributed by atoms with E-state index in [0.717, 1.165) is 22.9 Å². The Kier molecular flexibility index (Phi) is 6.50. The second kappa shape index (κ2) is 9.24. The molecule has 0 unspecified atom stereocenters. The van der Waals surface area contributed by atoms with Gasteiger partial charge in [-0.2, -0.15) is 0 Å². The molecule has 0 aliphatic carbocycles. The minimum Gasteiger partial charge on any atom is -0.493 e. The number of nitrogens with zero attached hydrogens (tertiary/aromatic N) is 1. The maximum atomic E-state index is 12.1. The largest absolute Gasteiger partial charge is 0.493 e. The fourth-order valence-electron chi connectivity index (χ4n) is 2.70. The number of carbonyl (C=O) groups excluding carboxylic acids is 1. The number of hydrogen-bond acceptors (Lipinski definition) is 5. The first kappa shape index (κ1) is 19.7. The monoisotopic (exact) mass is 397 g/mol. The van der Waals surface area contributed by atoms with E-state index in [4.69, 9.17) is 25.8 Å². The lowest BCUT2D eigenvalue weighted by Gasteiger charge is -2.12. The molecule has 0 N–H and O–H groups in total. The summed E-state index contributed by atoms with van der Waals surface area (Å²) in [6.45, 7) is 3.50. The first-order valence-corrected chi connectivity index (χ1v) is 9.09. The van der Waals surface area contributed by atoms with Crippen molar-refractivity contribution in [3.63, 3.8) is 0 Å². The summed E-state index contributed by atoms with van der Waals surface area (Å²) in [6, 6.07) is 15.0. The fraction of sp³-hybridized carbons (Fsp3) is 0.182. The van der Waals surface area contributed by atoms with Crippen LogP contribution < -0.4 is 9.47 Å². The molecule has 0 atom stereocenters. The number of fused-ring (bicyclic) bond motifs is 1. The van der Waals surface area contributed by atoms with Crippen LogP contribution in [0, 0.1) is 0 Å². The zero-order valence-corrected chi connectivity index (χ0v) is 16.2. The van der Waals surface area contributed by atoms with E-state index >= 15 is 0 Å². The Morgan fingerprint density at radius 3 is 2.79 bits per heavy atom. The number of methoxy groups -OCH3 is 1. The summed E-state index contributed by atoms with van der Waals surface area (Å²) < 4.78 is 16.1. The maximum Gasteiger partial charge on any atom is 0.344 e. The van der Waals surface area contributed by atoms with Crippen LogP contribution in [0.1, 0.15) is 11.1 Å². The van der Waals surface area contributed by atoms with Gasteiger partial charge >= 0.3 is 5.97 Å². The second-order valence-corrected chi connectivity index (χ2v) is 6.42. The molecule has 0 aliphatic rings. The highest BCUT2D eigenvalue weighted by molar-refractivity contribution is 6.30. The van der Waals surface area contributed by atoms with Gasteiger partial charge in [0.25, 0.3) is 0 Å². The number of para-hydroxylation sites is 1. The van der Waals surface area contributed by atoms with Crippen molar-refractivity contribution >= 4 is 28.5 Å². The van der Waals surface area contributed by atoms with Crippen molar-refractivity contribution < 1.29 is 19.0 Å². The Balaban J connectivity index is 1.59. The van der Waals surface area contributed by atoms with Crippen LogP contribution in [-0.2, 0) is 22.6 Å². The highest BCUT2D eigenvalue weighted by Gasteiger charge is 2.11. The summed E-state index contributed by atoms with van der Waals surface area (Å²) in [5.41, 5.74) is 2.47. The smallest absolute Gasteiger partial charge is 0.344 e. The molecule has 0 aliphatic heterocycles. The molecule has 5 nitrogen and oxygen atoms in total. The van der Waals surface area contributed by atoms with E-state index < -0.39 is 5.97 Å². The number of halogens is 1. The van der Waals surface area contributed by atoms with Crippen LogP contribution in [0.15, 0.2) is 61.2 Å². The lowest BCUT2D eigenvalue weighted by molar-refractivity contribution is -0.147. The van der Waals surface area contributed by atoms with Gasteiger partial charge in [0.05, 0.1) is 12.6 Å². The van der Waals surface area contributed by atoms with Crippen molar-refractivity contribution in [3.8, 4) is 11.5 Å². The molecule has 0 saturated heterocycles. The number of hydrogen-bond donors (Lipinski definition) is 0. The number of carbonyl (C=O) groups is 1. The molecular formula is C22H20ClNO4. The lowest BCUT2D eigenvalue weighted by atomic mass is 10.1. The first-order chi connectivity index (χ1) is 13.6. The molecule has 0 radical (unpaired) electrons. The van der Waals surface area contributed by atoms with E-state index in [-0.39, 0.29) is 13.2 Å². The quantitative estimate of drug-likeness (QED) is 0.312. The standard InChI is InChI=1S/C22H20ClNO4/c1-3-6-15-9-10-19(20(11-15)26-2)27-14-21(25)28-13-17-12-16-7-4-5-8-18(16)24-22(17)23/h3-5,7-12H,1,6,13-14H2,2H3. The first-order valence-electron chi connectivity index (χ1n) is 8.71. The van der Waals surface area contributed by atoms with Gasteiger partial charge < -0.3 is 14.2 Å². The third-order valence-electron chi connectivity index (χ3n) is 4.09. The van der Waals surface area contributed by atoms with E-state index in [0.29, 0.717) is 22.2 Å². The van der Waals surface area contributed by atoms with Crippen LogP contribution in [0.2, 0.25) is 5.15 Å². The summed E-state index contributed by atoms with van der Waals surface area (Å²) >= 11 is 6.18. The molecule has 0 fully saturated rings. The van der Waals surface area contributed by atoms with E-state index in [1.54, 1.807) is 19.3 Å². The van der Waals surface area contributed by atoms with Crippen molar-refractivity contribution in [2.45, 2.75) is 13.0 Å². The average Bonchev–Trinajstić information content (AvgIpc) is 2.71. The fourth-order valence-corrected chi connectivity index (χ4v) is 2.90. The number of pyridine rings is 1. The van der Waals surface area contributed by atoms with Gasteiger partial charge in [0.2, 0.25) is 0 Å². The molecule has 0 saturated carbocycles. The van der Waals surface area contributed by atoms with Crippen LogP contribution in [0.4, 0.5) is 0 Å². The minimum atomic E-state index is -0.513. The predicted molar refractivity (Wildman–Crippen MR) is 109 cm³/mol. The molecule has 3 aromatic rings. The molecule has 1 heterocycles. The van der Waals surface area contributed by atoms with Crippen molar-refractivity contribution in [1.82, 2.24) is 4.98 Å². The van der Waals surface area contributed by atoms with Crippen LogP contribution in [0.5, 0.6) is 11.5 Å². The molecule has 6 heteroatoms. The molecule has 3 rings (SSSR count). The molecule has 28 heavy (non-hydrogen) atoms. The molecule has 0 amide bonds. The molecule has 0 spiro atoms. The topological polar surface area (TPSA) is 57.7 Å². The Hall–Kier alpha value is -3.05. The van der Waals surface area contributed by atoms with E-state index in [9.17, 15) is 4.79 Å². The maximum absolute atomic E-state index is 12.1. The zero-order chi connectivity index (χ0) is 19.9. The summed E-state index contributed by atoms with van der Waals surface area (Å²) in [6.07, 6.45) is 2.53. The van der Waals surface area contributed by atoms with E-state index in [2.05, 4.69) is 11.6 Å². The number of aromatic nitrogens is 1. The van der Waals surface area contributed by atoms with Gasteiger partial charge in [0.15, 0.2) is 18.1 Å². The third kappa shape index (κ3) is 4.81. The predicted octanol–water partition coefficient (Wildman–Crippen LogP) is 4.75.